The third-order valence-electron chi connectivity index (χ3n) is 5.67. The van der Waals surface area contributed by atoms with E-state index in [1.807, 2.05) is 13.1 Å². The van der Waals surface area contributed by atoms with Crippen molar-refractivity contribution in [2.45, 2.75) is 96.4 Å². The molecule has 1 aliphatic heterocycles. The van der Waals surface area contributed by atoms with Crippen LogP contribution in [0.2, 0.25) is 18.1 Å². The first kappa shape index (κ1) is 27.7. The molecular weight excluding hydrogens is 434 g/mol. The van der Waals surface area contributed by atoms with Gasteiger partial charge in [-0.1, -0.05) is 25.9 Å². The third kappa shape index (κ3) is 7.39. The highest BCUT2D eigenvalue weighted by molar-refractivity contribution is 6.74. The Bertz CT molecular complexity index is 755. The number of carbonyl (C=O) groups is 3. The van der Waals surface area contributed by atoms with Gasteiger partial charge in [0.2, 0.25) is 5.91 Å². The molecule has 0 saturated carbocycles. The fourth-order valence-corrected chi connectivity index (χ4v) is 3.89. The number of nitrogens with one attached hydrogen (secondary N) is 1. The molecule has 1 N–H and O–H groups in total. The topological polar surface area (TPSA) is 143 Å². The van der Waals surface area contributed by atoms with Gasteiger partial charge in [-0.2, -0.15) is 0 Å². The Kier molecular flexibility index (Phi) is 9.14. The molecule has 0 spiro atoms. The van der Waals surface area contributed by atoms with Crippen molar-refractivity contribution < 1.29 is 28.3 Å². The van der Waals surface area contributed by atoms with Crippen molar-refractivity contribution in [3.63, 3.8) is 0 Å². The average molecular weight is 472 g/mol. The highest BCUT2D eigenvalue weighted by atomic mass is 28.4. The summed E-state index contributed by atoms with van der Waals surface area (Å²) in [4.78, 5) is 42.0. The summed E-state index contributed by atoms with van der Waals surface area (Å²) in [5.74, 6) is -1.22. The zero-order chi connectivity index (χ0) is 24.9. The molecule has 3 atom stereocenters. The van der Waals surface area contributed by atoms with E-state index in [1.165, 1.54) is 7.11 Å². The van der Waals surface area contributed by atoms with E-state index in [0.29, 0.717) is 6.42 Å². The highest BCUT2D eigenvalue weighted by Crippen LogP contribution is 2.36. The van der Waals surface area contributed by atoms with E-state index < -0.39 is 50.1 Å². The summed E-state index contributed by atoms with van der Waals surface area (Å²) < 4.78 is 16.3. The van der Waals surface area contributed by atoms with E-state index in [0.717, 1.165) is 4.90 Å². The summed E-state index contributed by atoms with van der Waals surface area (Å²) >= 11 is 0. The van der Waals surface area contributed by atoms with E-state index in [2.05, 4.69) is 36.1 Å². The van der Waals surface area contributed by atoms with Crippen molar-refractivity contribution in [3.8, 4) is 0 Å². The van der Waals surface area contributed by atoms with E-state index in [9.17, 15) is 14.4 Å². The third-order valence-corrected chi connectivity index (χ3v) is 10.2. The number of rotatable bonds is 7. The van der Waals surface area contributed by atoms with Crippen molar-refractivity contribution in [1.29, 1.82) is 0 Å². The Morgan fingerprint density at radius 2 is 1.78 bits per heavy atom. The molecule has 1 heterocycles. The second-order valence-corrected chi connectivity index (χ2v) is 15.1. The van der Waals surface area contributed by atoms with Crippen molar-refractivity contribution in [2.75, 3.05) is 13.7 Å². The zero-order valence-electron chi connectivity index (χ0n) is 20.6. The Morgan fingerprint density at radius 1 is 1.19 bits per heavy atom. The summed E-state index contributed by atoms with van der Waals surface area (Å²) in [6.07, 6.45) is -1.07. The lowest BCUT2D eigenvalue weighted by Gasteiger charge is -2.37. The van der Waals surface area contributed by atoms with Crippen LogP contribution in [0, 0.1) is 0 Å². The summed E-state index contributed by atoms with van der Waals surface area (Å²) in [7, 11) is -0.957. The second-order valence-electron chi connectivity index (χ2n) is 10.3. The number of likely N-dealkylation sites (tertiary alicyclic amines) is 1. The first-order valence-corrected chi connectivity index (χ1v) is 13.5. The van der Waals surface area contributed by atoms with Crippen LogP contribution in [0.5, 0.6) is 0 Å². The maximum absolute atomic E-state index is 13.1. The van der Waals surface area contributed by atoms with E-state index in [4.69, 9.17) is 19.4 Å². The van der Waals surface area contributed by atoms with Crippen LogP contribution in [0.1, 0.15) is 54.4 Å². The molecule has 0 aliphatic carbocycles. The summed E-state index contributed by atoms with van der Waals surface area (Å²) in [5.41, 5.74) is 8.05. The molecule has 0 aromatic rings. The molecule has 1 rings (SSSR count). The summed E-state index contributed by atoms with van der Waals surface area (Å²) in [5, 5.41) is 6.19. The first-order valence-electron chi connectivity index (χ1n) is 10.6. The highest BCUT2D eigenvalue weighted by Gasteiger charge is 2.44. The number of nitrogens with zero attached hydrogens (tertiary/aromatic N) is 4. The molecule has 1 saturated heterocycles. The van der Waals surface area contributed by atoms with Gasteiger partial charge in [0.25, 0.3) is 0 Å². The predicted octanol–water partition coefficient (Wildman–Crippen LogP) is 3.70. The van der Waals surface area contributed by atoms with Crippen LogP contribution in [-0.2, 0) is 23.5 Å². The van der Waals surface area contributed by atoms with Gasteiger partial charge in [-0.15, -0.1) is 0 Å². The van der Waals surface area contributed by atoms with Crippen molar-refractivity contribution >= 4 is 26.3 Å². The van der Waals surface area contributed by atoms with Gasteiger partial charge >= 0.3 is 12.1 Å². The molecule has 12 heteroatoms. The summed E-state index contributed by atoms with van der Waals surface area (Å²) in [6.45, 7) is 15.3. The molecule has 11 nitrogen and oxygen atoms in total. The number of hydrogen-bond donors (Lipinski definition) is 1. The van der Waals surface area contributed by atoms with Gasteiger partial charge in [-0.25, -0.2) is 9.59 Å². The van der Waals surface area contributed by atoms with Gasteiger partial charge in [-0.3, -0.25) is 9.69 Å². The normalized spacial score (nSPS) is 20.2. The zero-order valence-corrected chi connectivity index (χ0v) is 21.6. The summed E-state index contributed by atoms with van der Waals surface area (Å²) in [6, 6.07) is -2.00. The number of hydrogen-bond acceptors (Lipinski definition) is 7. The molecular formula is C20H37N5O6Si. The lowest BCUT2D eigenvalue weighted by molar-refractivity contribution is -0.146. The Morgan fingerprint density at radius 3 is 2.25 bits per heavy atom. The van der Waals surface area contributed by atoms with Gasteiger partial charge in [0.05, 0.1) is 13.7 Å². The smallest absolute Gasteiger partial charge is 0.411 e. The number of carbonyl (C=O) groups excluding carboxylic acids is 3. The van der Waals surface area contributed by atoms with Crippen LogP contribution >= 0.6 is 0 Å². The van der Waals surface area contributed by atoms with E-state index in [1.54, 1.807) is 20.8 Å². The van der Waals surface area contributed by atoms with Gasteiger partial charge in [0.15, 0.2) is 8.32 Å². The second kappa shape index (κ2) is 10.5. The molecule has 0 aromatic heterocycles. The number of ether oxygens (including phenoxy) is 2. The fourth-order valence-electron chi connectivity index (χ4n) is 2.87. The standard InChI is InChI=1S/C20H37N5O6Si/c1-19(2,3)31-18(28)25-14(10-11-15(25)23-24-21)16(26)22-13(17(27)29-7)12-30-32(8,9)20(4,5)6/h13-15H,10-12H2,1-9H3,(H,22,26)/t13-,14-,15+/m0/s1. The van der Waals surface area contributed by atoms with Crippen LogP contribution < -0.4 is 5.32 Å². The predicted molar refractivity (Wildman–Crippen MR) is 121 cm³/mol. The van der Waals surface area contributed by atoms with Crippen LogP contribution in [0.4, 0.5) is 4.79 Å². The lowest BCUT2D eigenvalue weighted by Crippen LogP contribution is -2.55. The molecule has 0 bridgehead atoms. The minimum Gasteiger partial charge on any atom is -0.467 e. The van der Waals surface area contributed by atoms with Gasteiger partial charge < -0.3 is 19.2 Å². The molecule has 0 unspecified atom stereocenters. The minimum absolute atomic E-state index is 0.0478. The Hall–Kier alpha value is -2.30. The van der Waals surface area contributed by atoms with Crippen molar-refractivity contribution in [2.24, 2.45) is 5.11 Å². The number of esters is 1. The van der Waals surface area contributed by atoms with Gasteiger partial charge in [0.1, 0.15) is 23.9 Å². The van der Waals surface area contributed by atoms with Gasteiger partial charge in [-0.05, 0) is 57.3 Å². The monoisotopic (exact) mass is 471 g/mol. The molecule has 0 aromatic carbocycles. The van der Waals surface area contributed by atoms with Crippen LogP contribution in [0.15, 0.2) is 5.11 Å². The Labute approximate surface area is 190 Å². The number of azide groups is 1. The maximum Gasteiger partial charge on any atom is 0.411 e. The largest absolute Gasteiger partial charge is 0.467 e. The van der Waals surface area contributed by atoms with Crippen LogP contribution in [0.3, 0.4) is 0 Å². The Balaban J connectivity index is 3.05. The van der Waals surface area contributed by atoms with E-state index >= 15 is 0 Å². The maximum atomic E-state index is 13.1. The van der Waals surface area contributed by atoms with Crippen LogP contribution in [-0.4, -0.2) is 68.8 Å². The van der Waals surface area contributed by atoms with Crippen molar-refractivity contribution in [1.82, 2.24) is 10.2 Å². The molecule has 0 radical (unpaired) electrons. The molecule has 1 fully saturated rings. The number of methoxy groups -OCH3 is 1. The number of amides is 2. The molecule has 182 valence electrons. The lowest BCUT2D eigenvalue weighted by atomic mass is 10.2. The quantitative estimate of drug-likeness (QED) is 0.197. The molecule has 2 amide bonds. The fraction of sp³-hybridized carbons (Fsp3) is 0.850. The minimum atomic E-state index is -2.19. The SMILES string of the molecule is COC(=O)[C@H](CO[Si](C)(C)C(C)(C)C)NC(=O)[C@@H]1CC[C@H](N=[N+]=[N-])N1C(=O)OC(C)(C)C. The first-order chi connectivity index (χ1) is 14.5. The van der Waals surface area contributed by atoms with Crippen molar-refractivity contribution in [3.05, 3.63) is 10.4 Å². The molecule has 1 aliphatic rings. The molecule has 32 heavy (non-hydrogen) atoms. The van der Waals surface area contributed by atoms with Gasteiger partial charge in [0, 0.05) is 4.91 Å². The average Bonchev–Trinajstić information content (AvgIpc) is 3.06. The van der Waals surface area contributed by atoms with Crippen LogP contribution in [0.25, 0.3) is 10.4 Å². The van der Waals surface area contributed by atoms with E-state index in [-0.39, 0.29) is 18.1 Å².